The van der Waals surface area contributed by atoms with E-state index in [-0.39, 0.29) is 0 Å². The standard InChI is InChI=1S/C21H25NO/c1-5-20(23)21(14-15(2)22(3)4)18-12-8-6-10-16(18)17-11-7-9-13-19(17)21/h6-13,15H,5,14H2,1-4H3. The molecule has 0 aromatic heterocycles. The molecule has 0 fully saturated rings. The molecule has 1 unspecified atom stereocenters. The van der Waals surface area contributed by atoms with Crippen LogP contribution in [0.25, 0.3) is 11.1 Å². The van der Waals surface area contributed by atoms with E-state index in [9.17, 15) is 4.79 Å². The monoisotopic (exact) mass is 307 g/mol. The van der Waals surface area contributed by atoms with Gasteiger partial charge in [0, 0.05) is 12.5 Å². The molecule has 2 nitrogen and oxygen atoms in total. The fraction of sp³-hybridized carbons (Fsp3) is 0.381. The summed E-state index contributed by atoms with van der Waals surface area (Å²) >= 11 is 0. The molecule has 120 valence electrons. The van der Waals surface area contributed by atoms with Gasteiger partial charge in [-0.25, -0.2) is 0 Å². The Bertz CT molecular complexity index is 687. The first kappa shape index (κ1) is 15.9. The largest absolute Gasteiger partial charge is 0.307 e. The minimum atomic E-state index is -0.508. The second-order valence-corrected chi connectivity index (χ2v) is 6.79. The van der Waals surface area contributed by atoms with Crippen LogP contribution >= 0.6 is 0 Å². The zero-order valence-electron chi connectivity index (χ0n) is 14.5. The van der Waals surface area contributed by atoms with E-state index in [1.165, 1.54) is 22.3 Å². The van der Waals surface area contributed by atoms with Gasteiger partial charge in [-0.05, 0) is 49.7 Å². The highest BCUT2D eigenvalue weighted by atomic mass is 16.1. The number of hydrogen-bond donors (Lipinski definition) is 0. The van der Waals surface area contributed by atoms with Gasteiger partial charge in [-0.2, -0.15) is 0 Å². The maximum Gasteiger partial charge on any atom is 0.147 e. The van der Waals surface area contributed by atoms with Crippen molar-refractivity contribution in [1.82, 2.24) is 4.90 Å². The Morgan fingerprint density at radius 1 is 1.00 bits per heavy atom. The highest BCUT2D eigenvalue weighted by Gasteiger charge is 2.48. The Balaban J connectivity index is 2.28. The molecule has 2 heteroatoms. The highest BCUT2D eigenvalue weighted by Crippen LogP contribution is 2.52. The number of Topliss-reactive ketones (excluding diaryl/α,β-unsaturated/α-hetero) is 1. The molecule has 0 spiro atoms. The van der Waals surface area contributed by atoms with Crippen molar-refractivity contribution in [2.45, 2.75) is 38.1 Å². The number of hydrogen-bond acceptors (Lipinski definition) is 2. The number of carbonyl (C=O) groups excluding carboxylic acids is 1. The molecule has 1 aliphatic carbocycles. The summed E-state index contributed by atoms with van der Waals surface area (Å²) in [4.78, 5) is 15.4. The normalized spacial score (nSPS) is 16.0. The second kappa shape index (κ2) is 5.93. The van der Waals surface area contributed by atoms with Crippen LogP contribution in [0.1, 0.15) is 37.8 Å². The van der Waals surface area contributed by atoms with Gasteiger partial charge < -0.3 is 4.90 Å². The molecule has 1 aliphatic rings. The molecule has 2 aromatic carbocycles. The first-order valence-corrected chi connectivity index (χ1v) is 8.41. The summed E-state index contributed by atoms with van der Waals surface area (Å²) in [5, 5.41) is 0. The Kier molecular flexibility index (Phi) is 4.11. The van der Waals surface area contributed by atoms with Crippen LogP contribution in [0.3, 0.4) is 0 Å². The fourth-order valence-corrected chi connectivity index (χ4v) is 3.89. The third kappa shape index (κ3) is 2.33. The van der Waals surface area contributed by atoms with Crippen molar-refractivity contribution >= 4 is 5.78 Å². The molecular weight excluding hydrogens is 282 g/mol. The van der Waals surface area contributed by atoms with E-state index in [0.717, 1.165) is 6.42 Å². The van der Waals surface area contributed by atoms with E-state index in [1.807, 2.05) is 6.92 Å². The van der Waals surface area contributed by atoms with Crippen LogP contribution in [0.2, 0.25) is 0 Å². The number of benzene rings is 2. The van der Waals surface area contributed by atoms with Gasteiger partial charge in [-0.15, -0.1) is 0 Å². The van der Waals surface area contributed by atoms with Gasteiger partial charge in [0.05, 0.1) is 5.41 Å². The second-order valence-electron chi connectivity index (χ2n) is 6.79. The quantitative estimate of drug-likeness (QED) is 0.822. The molecule has 0 bridgehead atoms. The fourth-order valence-electron chi connectivity index (χ4n) is 3.89. The van der Waals surface area contributed by atoms with Crippen LogP contribution in [0.5, 0.6) is 0 Å². The van der Waals surface area contributed by atoms with Crippen LogP contribution in [-0.2, 0) is 10.2 Å². The summed E-state index contributed by atoms with van der Waals surface area (Å²) in [5.41, 5.74) is 4.29. The van der Waals surface area contributed by atoms with Gasteiger partial charge >= 0.3 is 0 Å². The number of ketones is 1. The third-order valence-corrected chi connectivity index (χ3v) is 5.34. The molecule has 0 saturated carbocycles. The Hall–Kier alpha value is -1.93. The van der Waals surface area contributed by atoms with Gasteiger partial charge in [-0.1, -0.05) is 55.5 Å². The van der Waals surface area contributed by atoms with Crippen LogP contribution in [0.15, 0.2) is 48.5 Å². The van der Waals surface area contributed by atoms with Crippen LogP contribution in [0, 0.1) is 0 Å². The summed E-state index contributed by atoms with van der Waals surface area (Å²) in [5.74, 6) is 0.323. The molecule has 3 rings (SSSR count). The molecule has 0 radical (unpaired) electrons. The number of nitrogens with zero attached hydrogens (tertiary/aromatic N) is 1. The molecule has 0 saturated heterocycles. The van der Waals surface area contributed by atoms with Gasteiger partial charge in [0.2, 0.25) is 0 Å². The van der Waals surface area contributed by atoms with E-state index in [4.69, 9.17) is 0 Å². The number of carbonyl (C=O) groups is 1. The van der Waals surface area contributed by atoms with Crippen molar-refractivity contribution in [3.05, 3.63) is 59.7 Å². The maximum absolute atomic E-state index is 13.2. The molecular formula is C21H25NO. The molecule has 0 amide bonds. The first-order valence-electron chi connectivity index (χ1n) is 8.41. The third-order valence-electron chi connectivity index (χ3n) is 5.34. The zero-order chi connectivity index (χ0) is 16.6. The average molecular weight is 307 g/mol. The van der Waals surface area contributed by atoms with E-state index in [0.29, 0.717) is 18.2 Å². The Labute approximate surface area is 139 Å². The number of fused-ring (bicyclic) bond motifs is 3. The molecule has 23 heavy (non-hydrogen) atoms. The summed E-state index contributed by atoms with van der Waals surface area (Å²) < 4.78 is 0. The van der Waals surface area contributed by atoms with Gasteiger partial charge in [-0.3, -0.25) is 4.79 Å². The summed E-state index contributed by atoms with van der Waals surface area (Å²) in [6.45, 7) is 4.18. The molecule has 2 aromatic rings. The van der Waals surface area contributed by atoms with Crippen molar-refractivity contribution in [1.29, 1.82) is 0 Å². The Morgan fingerprint density at radius 2 is 1.48 bits per heavy atom. The number of rotatable bonds is 5. The van der Waals surface area contributed by atoms with Gasteiger partial charge in [0.25, 0.3) is 0 Å². The topological polar surface area (TPSA) is 20.3 Å². The first-order chi connectivity index (χ1) is 11.0. The van der Waals surface area contributed by atoms with Crippen molar-refractivity contribution in [2.75, 3.05) is 14.1 Å². The van der Waals surface area contributed by atoms with Crippen molar-refractivity contribution < 1.29 is 4.79 Å². The average Bonchev–Trinajstić information content (AvgIpc) is 2.86. The van der Waals surface area contributed by atoms with Crippen molar-refractivity contribution in [3.8, 4) is 11.1 Å². The lowest BCUT2D eigenvalue weighted by Crippen LogP contribution is -2.41. The van der Waals surface area contributed by atoms with Crippen LogP contribution in [-0.4, -0.2) is 30.8 Å². The summed E-state index contributed by atoms with van der Waals surface area (Å²) in [7, 11) is 4.17. The molecule has 0 N–H and O–H groups in total. The smallest absolute Gasteiger partial charge is 0.147 e. The minimum absolute atomic E-state index is 0.323. The van der Waals surface area contributed by atoms with E-state index < -0.39 is 5.41 Å². The SMILES string of the molecule is CCC(=O)C1(CC(C)N(C)C)c2ccccc2-c2ccccc21. The van der Waals surface area contributed by atoms with E-state index >= 15 is 0 Å². The zero-order valence-corrected chi connectivity index (χ0v) is 14.5. The minimum Gasteiger partial charge on any atom is -0.307 e. The lowest BCUT2D eigenvalue weighted by Gasteiger charge is -2.35. The predicted octanol–water partition coefficient (Wildman–Crippen LogP) is 4.27. The van der Waals surface area contributed by atoms with Gasteiger partial charge in [0.15, 0.2) is 0 Å². The molecule has 1 atom stereocenters. The lowest BCUT2D eigenvalue weighted by atomic mass is 9.69. The highest BCUT2D eigenvalue weighted by molar-refractivity contribution is 6.01. The predicted molar refractivity (Wildman–Crippen MR) is 95.7 cm³/mol. The van der Waals surface area contributed by atoms with Gasteiger partial charge in [0.1, 0.15) is 5.78 Å². The van der Waals surface area contributed by atoms with Crippen LogP contribution in [0.4, 0.5) is 0 Å². The lowest BCUT2D eigenvalue weighted by molar-refractivity contribution is -0.123. The van der Waals surface area contributed by atoms with E-state index in [2.05, 4.69) is 74.4 Å². The molecule has 0 heterocycles. The summed E-state index contributed by atoms with van der Waals surface area (Å²) in [6, 6.07) is 17.2. The maximum atomic E-state index is 13.2. The van der Waals surface area contributed by atoms with Crippen molar-refractivity contribution in [3.63, 3.8) is 0 Å². The van der Waals surface area contributed by atoms with E-state index in [1.54, 1.807) is 0 Å². The molecule has 0 aliphatic heterocycles. The van der Waals surface area contributed by atoms with Crippen molar-refractivity contribution in [2.24, 2.45) is 0 Å². The van der Waals surface area contributed by atoms with Crippen LogP contribution < -0.4 is 0 Å². The summed E-state index contributed by atoms with van der Waals surface area (Å²) in [6.07, 6.45) is 1.38. The Morgan fingerprint density at radius 3 is 1.91 bits per heavy atom.